The standard InChI is InChI=1S/C16H32O4Si.C12H24O4Si/c1-6-8-12-19-21(5,20-13-9-7-2)14-10-11-18-16(17)15(3)4;1-6-15-17(5,16-7-2)10-8-9-14-12(13)11(3)4/h3,6-14H2,1-2,4-5H3;3,6-10H2,1-2,4-5H3. The molecule has 0 aliphatic heterocycles. The van der Waals surface area contributed by atoms with Gasteiger partial charge in [-0.3, -0.25) is 0 Å². The molecule has 0 radical (unpaired) electrons. The van der Waals surface area contributed by atoms with E-state index in [1.54, 1.807) is 13.8 Å². The Bertz CT molecular complexity index is 653. The first kappa shape index (κ1) is 38.8. The molecule has 0 N–H and O–H groups in total. The quantitative estimate of drug-likeness (QED) is 0.0599. The fraction of sp³-hybridized carbons (Fsp3) is 0.786. The number of carbonyl (C=O) groups is 2. The van der Waals surface area contributed by atoms with Crippen LogP contribution in [-0.2, 0) is 36.8 Å². The van der Waals surface area contributed by atoms with Crippen LogP contribution >= 0.6 is 0 Å². The third kappa shape index (κ3) is 21.6. The predicted octanol–water partition coefficient (Wildman–Crippen LogP) is 6.84. The lowest BCUT2D eigenvalue weighted by Crippen LogP contribution is -2.39. The van der Waals surface area contributed by atoms with Crippen LogP contribution < -0.4 is 0 Å². The molecule has 10 heteroatoms. The van der Waals surface area contributed by atoms with Gasteiger partial charge in [0.25, 0.3) is 0 Å². The Labute approximate surface area is 234 Å². The summed E-state index contributed by atoms with van der Waals surface area (Å²) in [4.78, 5) is 22.5. The average Bonchev–Trinajstić information content (AvgIpc) is 2.85. The molecule has 0 aromatic rings. The predicted molar refractivity (Wildman–Crippen MR) is 159 cm³/mol. The fourth-order valence-corrected chi connectivity index (χ4v) is 7.90. The topological polar surface area (TPSA) is 89.5 Å². The summed E-state index contributed by atoms with van der Waals surface area (Å²) in [6.45, 7) is 26.4. The van der Waals surface area contributed by atoms with Gasteiger partial charge in [0.2, 0.25) is 0 Å². The van der Waals surface area contributed by atoms with E-state index in [2.05, 4.69) is 33.6 Å². The van der Waals surface area contributed by atoms with Crippen molar-refractivity contribution in [3.05, 3.63) is 24.3 Å². The highest BCUT2D eigenvalue weighted by Crippen LogP contribution is 2.18. The van der Waals surface area contributed by atoms with E-state index in [9.17, 15) is 9.59 Å². The molecule has 0 aromatic carbocycles. The zero-order valence-corrected chi connectivity index (χ0v) is 27.6. The van der Waals surface area contributed by atoms with E-state index in [1.165, 1.54) is 0 Å². The summed E-state index contributed by atoms with van der Waals surface area (Å²) in [5.74, 6) is -0.654. The molecule has 0 saturated carbocycles. The minimum Gasteiger partial charge on any atom is -0.462 e. The number of hydrogen-bond donors (Lipinski definition) is 0. The molecule has 0 amide bonds. The summed E-state index contributed by atoms with van der Waals surface area (Å²) in [6.07, 6.45) is 5.90. The van der Waals surface area contributed by atoms with Gasteiger partial charge in [0.15, 0.2) is 0 Å². The number of ether oxygens (including phenoxy) is 2. The number of carbonyl (C=O) groups excluding carboxylic acids is 2. The van der Waals surface area contributed by atoms with Crippen molar-refractivity contribution < 1.29 is 36.8 Å². The zero-order chi connectivity index (χ0) is 29.5. The minimum atomic E-state index is -2.14. The third-order valence-corrected chi connectivity index (χ3v) is 11.4. The minimum absolute atomic E-state index is 0.322. The van der Waals surface area contributed by atoms with Crippen molar-refractivity contribution in [1.29, 1.82) is 0 Å². The van der Waals surface area contributed by atoms with Gasteiger partial charge in [0, 0.05) is 37.6 Å². The van der Waals surface area contributed by atoms with Gasteiger partial charge >= 0.3 is 29.1 Å². The highest BCUT2D eigenvalue weighted by atomic mass is 28.4. The first-order valence-electron chi connectivity index (χ1n) is 14.1. The molecular weight excluding hydrogens is 520 g/mol. The van der Waals surface area contributed by atoms with Gasteiger partial charge in [-0.1, -0.05) is 39.8 Å². The monoisotopic (exact) mass is 576 g/mol. The van der Waals surface area contributed by atoms with Crippen LogP contribution in [-0.4, -0.2) is 68.7 Å². The smallest absolute Gasteiger partial charge is 0.335 e. The molecule has 0 aromatic heterocycles. The van der Waals surface area contributed by atoms with E-state index >= 15 is 0 Å². The van der Waals surface area contributed by atoms with Crippen molar-refractivity contribution in [2.75, 3.05) is 39.6 Å². The molecule has 0 rings (SSSR count). The molecule has 0 heterocycles. The molecule has 0 saturated heterocycles. The van der Waals surface area contributed by atoms with Crippen LogP contribution in [0.3, 0.4) is 0 Å². The zero-order valence-electron chi connectivity index (χ0n) is 25.6. The van der Waals surface area contributed by atoms with Gasteiger partial charge in [-0.2, -0.15) is 0 Å². The summed E-state index contributed by atoms with van der Waals surface area (Å²) in [6, 6.07) is 1.68. The van der Waals surface area contributed by atoms with Gasteiger partial charge < -0.3 is 27.2 Å². The third-order valence-electron chi connectivity index (χ3n) is 5.42. The van der Waals surface area contributed by atoms with Crippen LogP contribution in [0.25, 0.3) is 0 Å². The van der Waals surface area contributed by atoms with E-state index in [0.717, 1.165) is 63.8 Å². The second-order valence-electron chi connectivity index (χ2n) is 9.58. The van der Waals surface area contributed by atoms with E-state index < -0.39 is 17.1 Å². The number of hydrogen-bond acceptors (Lipinski definition) is 8. The van der Waals surface area contributed by atoms with Crippen LogP contribution in [0.5, 0.6) is 0 Å². The maximum Gasteiger partial charge on any atom is 0.335 e. The molecule has 0 aliphatic rings. The van der Waals surface area contributed by atoms with Crippen LogP contribution in [0.1, 0.15) is 80.1 Å². The number of esters is 2. The summed E-state index contributed by atoms with van der Waals surface area (Å²) >= 11 is 0. The first-order valence-corrected chi connectivity index (χ1v) is 19.2. The molecular formula is C28H56O8Si2. The van der Waals surface area contributed by atoms with Crippen molar-refractivity contribution in [3.63, 3.8) is 0 Å². The van der Waals surface area contributed by atoms with Gasteiger partial charge in [-0.15, -0.1) is 0 Å². The van der Waals surface area contributed by atoms with E-state index in [1.807, 2.05) is 20.4 Å². The number of unbranched alkanes of at least 4 members (excludes halogenated alkanes) is 2. The normalized spacial score (nSPS) is 11.4. The molecule has 0 spiro atoms. The second-order valence-corrected chi connectivity index (χ2v) is 16.3. The lowest BCUT2D eigenvalue weighted by molar-refractivity contribution is -0.139. The highest BCUT2D eigenvalue weighted by Gasteiger charge is 2.31. The number of rotatable bonds is 22. The maximum absolute atomic E-state index is 11.3. The van der Waals surface area contributed by atoms with Crippen molar-refractivity contribution >= 4 is 29.1 Å². The Morgan fingerprint density at radius 2 is 0.921 bits per heavy atom. The highest BCUT2D eigenvalue weighted by molar-refractivity contribution is 6.66. The van der Waals surface area contributed by atoms with Gasteiger partial charge in [-0.25, -0.2) is 9.59 Å². The summed E-state index contributed by atoms with van der Waals surface area (Å²) in [7, 11) is -4.20. The summed E-state index contributed by atoms with van der Waals surface area (Å²) in [5, 5.41) is 0. The van der Waals surface area contributed by atoms with Crippen molar-refractivity contribution in [2.24, 2.45) is 0 Å². The summed E-state index contributed by atoms with van der Waals surface area (Å²) < 4.78 is 33.6. The molecule has 0 fully saturated rings. The lowest BCUT2D eigenvalue weighted by atomic mass is 10.4. The average molecular weight is 577 g/mol. The van der Waals surface area contributed by atoms with Crippen molar-refractivity contribution in [1.82, 2.24) is 0 Å². The van der Waals surface area contributed by atoms with Crippen LogP contribution in [0, 0.1) is 0 Å². The molecule has 0 aliphatic carbocycles. The first-order chi connectivity index (χ1) is 17.9. The molecule has 0 bridgehead atoms. The molecule has 8 nitrogen and oxygen atoms in total. The van der Waals surface area contributed by atoms with E-state index in [4.69, 9.17) is 27.2 Å². The van der Waals surface area contributed by atoms with E-state index in [-0.39, 0.29) is 11.9 Å². The Hall–Kier alpha value is -1.31. The molecule has 224 valence electrons. The Kier molecular flexibility index (Phi) is 24.1. The van der Waals surface area contributed by atoms with Gasteiger partial charge in [0.1, 0.15) is 0 Å². The van der Waals surface area contributed by atoms with Gasteiger partial charge in [0.05, 0.1) is 13.2 Å². The largest absolute Gasteiger partial charge is 0.462 e. The van der Waals surface area contributed by atoms with Gasteiger partial charge in [-0.05, 0) is 78.6 Å². The molecule has 0 unspecified atom stereocenters. The fourth-order valence-electron chi connectivity index (χ4n) is 3.21. The van der Waals surface area contributed by atoms with Crippen LogP contribution in [0.15, 0.2) is 24.3 Å². The lowest BCUT2D eigenvalue weighted by Gasteiger charge is -2.27. The Morgan fingerprint density at radius 3 is 1.21 bits per heavy atom. The van der Waals surface area contributed by atoms with Crippen molar-refractivity contribution in [3.8, 4) is 0 Å². The Balaban J connectivity index is 0. The SMILES string of the molecule is C=C(C)C(=O)OCCC[Si](C)(OCC)OCC.C=C(C)C(=O)OCCC[Si](C)(OCCCC)OCCCC. The van der Waals surface area contributed by atoms with Crippen LogP contribution in [0.2, 0.25) is 25.2 Å². The maximum atomic E-state index is 11.3. The van der Waals surface area contributed by atoms with Crippen molar-refractivity contribution in [2.45, 2.75) is 105 Å². The molecule has 38 heavy (non-hydrogen) atoms. The summed E-state index contributed by atoms with van der Waals surface area (Å²) in [5.41, 5.74) is 0.869. The Morgan fingerprint density at radius 1 is 0.579 bits per heavy atom. The second kappa shape index (κ2) is 23.6. The van der Waals surface area contributed by atoms with Crippen LogP contribution in [0.4, 0.5) is 0 Å². The van der Waals surface area contributed by atoms with E-state index in [0.29, 0.717) is 37.6 Å². The molecule has 0 atom stereocenters.